The number of ketones is 1. The Labute approximate surface area is 242 Å². The lowest BCUT2D eigenvalue weighted by Gasteiger charge is -2.35. The first-order valence-electron chi connectivity index (χ1n) is 13.5. The molecule has 2 heterocycles. The lowest BCUT2D eigenvalue weighted by atomic mass is 10.1. The summed E-state index contributed by atoms with van der Waals surface area (Å²) in [6.45, 7) is 2.79. The monoisotopic (exact) mass is 573 g/mol. The zero-order valence-electron chi connectivity index (χ0n) is 23.1. The molecule has 42 heavy (non-hydrogen) atoms. The van der Waals surface area contributed by atoms with Crippen molar-refractivity contribution in [3.63, 3.8) is 0 Å². The molecular formula is C30H31N5O7. The van der Waals surface area contributed by atoms with Gasteiger partial charge in [0.2, 0.25) is 11.7 Å². The van der Waals surface area contributed by atoms with Gasteiger partial charge in [-0.3, -0.25) is 19.2 Å². The minimum atomic E-state index is -1.17. The highest BCUT2D eigenvalue weighted by Gasteiger charge is 2.31. The van der Waals surface area contributed by atoms with Crippen LogP contribution in [-0.4, -0.2) is 93.4 Å². The van der Waals surface area contributed by atoms with Crippen molar-refractivity contribution in [2.75, 3.05) is 32.8 Å². The SMILES string of the molecule is CCOC(=O)N1CCN(C(=O)C(CCC(=O)O)NC(=O)c2cc(C(=O)c3ccccc3)nc(-c3ccccc3)n2)CC1. The predicted molar refractivity (Wildman–Crippen MR) is 151 cm³/mol. The van der Waals surface area contributed by atoms with E-state index in [9.17, 15) is 29.1 Å². The summed E-state index contributed by atoms with van der Waals surface area (Å²) in [7, 11) is 0. The van der Waals surface area contributed by atoms with E-state index in [2.05, 4.69) is 15.3 Å². The fourth-order valence-electron chi connectivity index (χ4n) is 4.44. The summed E-state index contributed by atoms with van der Waals surface area (Å²) < 4.78 is 5.01. The van der Waals surface area contributed by atoms with Crippen molar-refractivity contribution < 1.29 is 33.8 Å². The average Bonchev–Trinajstić information content (AvgIpc) is 3.03. The number of nitrogens with one attached hydrogen (secondary N) is 1. The largest absolute Gasteiger partial charge is 0.481 e. The number of aliphatic carboxylic acids is 1. The maximum absolute atomic E-state index is 13.5. The maximum Gasteiger partial charge on any atom is 0.409 e. The number of ether oxygens (including phenoxy) is 1. The summed E-state index contributed by atoms with van der Waals surface area (Å²) in [6.07, 6.45) is -1.00. The van der Waals surface area contributed by atoms with E-state index in [4.69, 9.17) is 4.74 Å². The number of amides is 3. The van der Waals surface area contributed by atoms with Gasteiger partial charge in [-0.25, -0.2) is 14.8 Å². The summed E-state index contributed by atoms with van der Waals surface area (Å²) in [5.41, 5.74) is 0.789. The number of piperazine rings is 1. The third-order valence-corrected chi connectivity index (χ3v) is 6.63. The van der Waals surface area contributed by atoms with Crippen LogP contribution in [0, 0.1) is 0 Å². The van der Waals surface area contributed by atoms with Crippen molar-refractivity contribution in [3.05, 3.63) is 83.7 Å². The zero-order chi connectivity index (χ0) is 30.1. The van der Waals surface area contributed by atoms with Crippen LogP contribution in [0.2, 0.25) is 0 Å². The molecule has 218 valence electrons. The van der Waals surface area contributed by atoms with Crippen molar-refractivity contribution in [1.29, 1.82) is 0 Å². The highest BCUT2D eigenvalue weighted by atomic mass is 16.6. The van der Waals surface area contributed by atoms with E-state index in [-0.39, 0.29) is 62.8 Å². The molecule has 4 rings (SSSR count). The Balaban J connectivity index is 1.59. The lowest BCUT2D eigenvalue weighted by Crippen LogP contribution is -2.56. The Hall–Kier alpha value is -5.13. The van der Waals surface area contributed by atoms with Gasteiger partial charge in [-0.1, -0.05) is 60.7 Å². The van der Waals surface area contributed by atoms with E-state index >= 15 is 0 Å². The summed E-state index contributed by atoms with van der Waals surface area (Å²) in [6, 6.07) is 17.4. The quantitative estimate of drug-likeness (QED) is 0.348. The van der Waals surface area contributed by atoms with Gasteiger partial charge in [0, 0.05) is 43.7 Å². The molecular weight excluding hydrogens is 542 g/mol. The number of nitrogens with zero attached hydrogens (tertiary/aromatic N) is 4. The van der Waals surface area contributed by atoms with E-state index in [0.717, 1.165) is 0 Å². The van der Waals surface area contributed by atoms with Crippen molar-refractivity contribution in [2.45, 2.75) is 25.8 Å². The lowest BCUT2D eigenvalue weighted by molar-refractivity contribution is -0.138. The van der Waals surface area contributed by atoms with E-state index in [1.54, 1.807) is 67.6 Å². The minimum Gasteiger partial charge on any atom is -0.481 e. The number of carbonyl (C=O) groups is 5. The molecule has 0 bridgehead atoms. The Morgan fingerprint density at radius 3 is 2.10 bits per heavy atom. The van der Waals surface area contributed by atoms with E-state index in [0.29, 0.717) is 11.1 Å². The Morgan fingerprint density at radius 1 is 0.881 bits per heavy atom. The predicted octanol–water partition coefficient (Wildman–Crippen LogP) is 2.64. The molecule has 12 nitrogen and oxygen atoms in total. The van der Waals surface area contributed by atoms with Crippen molar-refractivity contribution in [1.82, 2.24) is 25.1 Å². The number of aromatic nitrogens is 2. The van der Waals surface area contributed by atoms with Gasteiger partial charge in [0.25, 0.3) is 5.91 Å². The van der Waals surface area contributed by atoms with Gasteiger partial charge in [0.15, 0.2) is 5.82 Å². The van der Waals surface area contributed by atoms with Gasteiger partial charge in [0.05, 0.1) is 6.61 Å². The standard InChI is InChI=1S/C30H31N5O7/c1-2-42-30(41)35-17-15-34(16-18-35)29(40)22(13-14-25(36)37)33-28(39)24-19-23(26(38)20-9-5-3-6-10-20)31-27(32-24)21-11-7-4-8-12-21/h3-12,19,22H,2,13-18H2,1H3,(H,33,39)(H,36,37). The third kappa shape index (κ3) is 7.53. The molecule has 1 unspecified atom stereocenters. The number of carbonyl (C=O) groups excluding carboxylic acids is 4. The first-order valence-corrected chi connectivity index (χ1v) is 13.5. The number of benzene rings is 2. The smallest absolute Gasteiger partial charge is 0.409 e. The topological polar surface area (TPSA) is 159 Å². The van der Waals surface area contributed by atoms with Crippen molar-refractivity contribution in [2.24, 2.45) is 0 Å². The fraction of sp³-hybridized carbons (Fsp3) is 0.300. The zero-order valence-corrected chi connectivity index (χ0v) is 23.1. The van der Waals surface area contributed by atoms with Crippen LogP contribution in [0.25, 0.3) is 11.4 Å². The van der Waals surface area contributed by atoms with Crippen LogP contribution in [0.5, 0.6) is 0 Å². The molecule has 1 atom stereocenters. The second-order valence-electron chi connectivity index (χ2n) is 9.49. The average molecular weight is 574 g/mol. The van der Waals surface area contributed by atoms with Crippen molar-refractivity contribution >= 4 is 29.7 Å². The second kappa shape index (κ2) is 14.0. The second-order valence-corrected chi connectivity index (χ2v) is 9.49. The number of carboxylic acid groups (broad SMARTS) is 1. The highest BCUT2D eigenvalue weighted by molar-refractivity contribution is 6.09. The van der Waals surface area contributed by atoms with Crippen LogP contribution < -0.4 is 5.32 Å². The molecule has 2 aromatic carbocycles. The van der Waals surface area contributed by atoms with Gasteiger partial charge in [-0.05, 0) is 19.4 Å². The van der Waals surface area contributed by atoms with Crippen LogP contribution in [0.1, 0.15) is 46.3 Å². The number of carboxylic acids is 1. The molecule has 1 aromatic heterocycles. The minimum absolute atomic E-state index is 0.0105. The first kappa shape index (κ1) is 29.8. The molecule has 1 saturated heterocycles. The Bertz CT molecular complexity index is 1440. The van der Waals surface area contributed by atoms with E-state index < -0.39 is 35.7 Å². The highest BCUT2D eigenvalue weighted by Crippen LogP contribution is 2.18. The normalized spacial score (nSPS) is 13.6. The fourth-order valence-corrected chi connectivity index (χ4v) is 4.44. The number of hydrogen-bond donors (Lipinski definition) is 2. The molecule has 0 aliphatic carbocycles. The molecule has 12 heteroatoms. The third-order valence-electron chi connectivity index (χ3n) is 6.63. The summed E-state index contributed by atoms with van der Waals surface area (Å²) in [4.78, 5) is 75.3. The number of hydrogen-bond acceptors (Lipinski definition) is 8. The Kier molecular flexibility index (Phi) is 9.93. The molecule has 0 radical (unpaired) electrons. The van der Waals surface area contributed by atoms with E-state index in [1.165, 1.54) is 15.9 Å². The van der Waals surface area contributed by atoms with Gasteiger partial charge < -0.3 is 25.0 Å². The Morgan fingerprint density at radius 2 is 1.48 bits per heavy atom. The van der Waals surface area contributed by atoms with Gasteiger partial charge in [-0.2, -0.15) is 0 Å². The number of rotatable bonds is 10. The molecule has 1 aliphatic rings. The summed E-state index contributed by atoms with van der Waals surface area (Å²) in [5.74, 6) is -2.64. The molecule has 0 saturated carbocycles. The molecule has 1 aliphatic heterocycles. The van der Waals surface area contributed by atoms with Gasteiger partial charge in [-0.15, -0.1) is 0 Å². The first-order chi connectivity index (χ1) is 20.3. The molecule has 3 amide bonds. The van der Waals surface area contributed by atoms with Gasteiger partial charge >= 0.3 is 12.1 Å². The van der Waals surface area contributed by atoms with Crippen LogP contribution in [0.4, 0.5) is 4.79 Å². The maximum atomic E-state index is 13.5. The summed E-state index contributed by atoms with van der Waals surface area (Å²) in [5, 5.41) is 11.9. The van der Waals surface area contributed by atoms with Gasteiger partial charge in [0.1, 0.15) is 17.4 Å². The van der Waals surface area contributed by atoms with Crippen LogP contribution in [0.15, 0.2) is 66.7 Å². The molecule has 2 N–H and O–H groups in total. The van der Waals surface area contributed by atoms with Crippen LogP contribution in [-0.2, 0) is 14.3 Å². The van der Waals surface area contributed by atoms with Crippen LogP contribution in [0.3, 0.4) is 0 Å². The summed E-state index contributed by atoms with van der Waals surface area (Å²) >= 11 is 0. The van der Waals surface area contributed by atoms with Crippen molar-refractivity contribution in [3.8, 4) is 11.4 Å². The molecule has 1 fully saturated rings. The van der Waals surface area contributed by atoms with Crippen LogP contribution >= 0.6 is 0 Å². The molecule has 0 spiro atoms. The van der Waals surface area contributed by atoms with E-state index in [1.807, 2.05) is 0 Å². The molecule has 3 aromatic rings.